The van der Waals surface area contributed by atoms with Crippen molar-refractivity contribution in [3.8, 4) is 0 Å². The molecule has 4 rings (SSSR count). The Morgan fingerprint density at radius 2 is 1.74 bits per heavy atom. The monoisotopic (exact) mass is 482 g/mol. The third kappa shape index (κ3) is 5.63. The van der Waals surface area contributed by atoms with E-state index in [1.807, 2.05) is 87.6 Å². The average molecular weight is 483 g/mol. The van der Waals surface area contributed by atoms with Crippen molar-refractivity contribution in [1.29, 1.82) is 0 Å². The molecule has 1 unspecified atom stereocenters. The molecule has 180 valence electrons. The zero-order valence-electron chi connectivity index (χ0n) is 20.0. The van der Waals surface area contributed by atoms with Gasteiger partial charge < -0.3 is 14.5 Å². The van der Waals surface area contributed by atoms with Crippen LogP contribution in [0.3, 0.4) is 0 Å². The molecule has 0 amide bonds. The molecular weight excluding hydrogens is 452 g/mol. The van der Waals surface area contributed by atoms with Crippen LogP contribution >= 0.6 is 12.4 Å². The summed E-state index contributed by atoms with van der Waals surface area (Å²) < 4.78 is 7.17. The number of morpholine rings is 1. The first kappa shape index (κ1) is 25.4. The summed E-state index contributed by atoms with van der Waals surface area (Å²) in [5.41, 5.74) is 2.31. The first-order chi connectivity index (χ1) is 15.9. The fraction of sp³-hybridized carbons (Fsp3) is 0.360. The van der Waals surface area contributed by atoms with Crippen LogP contribution < -0.4 is 0 Å². The second kappa shape index (κ2) is 11.3. The molecule has 8 nitrogen and oxygen atoms in total. The normalized spacial score (nSPS) is 14.9. The summed E-state index contributed by atoms with van der Waals surface area (Å²) in [7, 11) is 5.80. The number of nitrogens with zero attached hydrogens (tertiary/aromatic N) is 6. The maximum atomic E-state index is 12.9. The van der Waals surface area contributed by atoms with Crippen molar-refractivity contribution in [3.05, 3.63) is 77.1 Å². The Morgan fingerprint density at radius 3 is 2.41 bits per heavy atom. The Kier molecular flexibility index (Phi) is 8.41. The third-order valence-corrected chi connectivity index (χ3v) is 5.72. The van der Waals surface area contributed by atoms with Gasteiger partial charge in [-0.25, -0.2) is 4.68 Å². The molecule has 9 heteroatoms. The van der Waals surface area contributed by atoms with Crippen LogP contribution in [0.25, 0.3) is 0 Å². The number of ketones is 1. The highest BCUT2D eigenvalue weighted by Crippen LogP contribution is 2.25. The van der Waals surface area contributed by atoms with Gasteiger partial charge in [0.15, 0.2) is 11.6 Å². The zero-order valence-corrected chi connectivity index (χ0v) is 20.8. The average Bonchev–Trinajstić information content (AvgIpc) is 3.22. The molecule has 1 fully saturated rings. The van der Waals surface area contributed by atoms with Crippen molar-refractivity contribution in [2.45, 2.75) is 12.8 Å². The number of rotatable bonds is 5. The Morgan fingerprint density at radius 1 is 1.06 bits per heavy atom. The smallest absolute Gasteiger partial charge is 0.251 e. The minimum absolute atomic E-state index is 0. The van der Waals surface area contributed by atoms with Crippen LogP contribution in [0.5, 0.6) is 0 Å². The van der Waals surface area contributed by atoms with Crippen LogP contribution in [-0.2, 0) is 11.8 Å². The number of benzene rings is 2. The molecule has 1 aliphatic heterocycles. The van der Waals surface area contributed by atoms with Gasteiger partial charge in [-0.05, 0) is 11.6 Å². The van der Waals surface area contributed by atoms with Crippen molar-refractivity contribution < 1.29 is 9.53 Å². The molecule has 1 atom stereocenters. The lowest BCUT2D eigenvalue weighted by atomic mass is 9.95. The number of carbonyl (C=O) groups is 1. The summed E-state index contributed by atoms with van der Waals surface area (Å²) in [4.78, 5) is 26.6. The Bertz CT molecular complexity index is 1140. The maximum Gasteiger partial charge on any atom is 0.251 e. The molecule has 1 saturated heterocycles. The number of aliphatic imine (C=N–C) groups is 1. The summed E-state index contributed by atoms with van der Waals surface area (Å²) in [6.07, 6.45) is 0. The number of guanidine groups is 1. The molecule has 1 aromatic heterocycles. The van der Waals surface area contributed by atoms with E-state index in [0.717, 1.165) is 24.6 Å². The van der Waals surface area contributed by atoms with Crippen LogP contribution in [-0.4, -0.2) is 76.7 Å². The summed E-state index contributed by atoms with van der Waals surface area (Å²) in [5.74, 6) is 1.97. The lowest BCUT2D eigenvalue weighted by Crippen LogP contribution is -2.46. The van der Waals surface area contributed by atoms with E-state index in [9.17, 15) is 4.79 Å². The fourth-order valence-corrected chi connectivity index (χ4v) is 3.84. The largest absolute Gasteiger partial charge is 0.378 e. The van der Waals surface area contributed by atoms with Crippen LogP contribution in [0.2, 0.25) is 0 Å². The van der Waals surface area contributed by atoms with Crippen molar-refractivity contribution in [3.63, 3.8) is 0 Å². The van der Waals surface area contributed by atoms with Crippen molar-refractivity contribution >= 4 is 30.1 Å². The van der Waals surface area contributed by atoms with E-state index in [0.29, 0.717) is 36.1 Å². The number of hydrogen-bond donors (Lipinski definition) is 0. The highest BCUT2D eigenvalue weighted by Gasteiger charge is 2.21. The zero-order chi connectivity index (χ0) is 23.4. The number of aromatic nitrogens is 3. The number of ether oxygens (including phenoxy) is 1. The van der Waals surface area contributed by atoms with Crippen molar-refractivity contribution in [2.75, 3.05) is 40.4 Å². The quantitative estimate of drug-likeness (QED) is 0.315. The van der Waals surface area contributed by atoms with Crippen LogP contribution in [0.15, 0.2) is 59.6 Å². The van der Waals surface area contributed by atoms with E-state index in [-0.39, 0.29) is 24.1 Å². The standard InChI is InChI=1S/C25H30N6O2.ClH/c1-18(20-11-8-12-21(17-20)22(32)19-9-6-5-7-10-19)23-26-24(30(4)28-23)27-25(29(2)3)31-13-15-33-16-14-31;/h5-12,17-18H,13-16H2,1-4H3;1H/b27-25+;. The van der Waals surface area contributed by atoms with Crippen molar-refractivity contribution in [2.24, 2.45) is 12.0 Å². The van der Waals surface area contributed by atoms with Gasteiger partial charge in [-0.3, -0.25) is 4.79 Å². The summed E-state index contributed by atoms with van der Waals surface area (Å²) in [5, 5.41) is 4.63. The summed E-state index contributed by atoms with van der Waals surface area (Å²) in [6, 6.07) is 17.0. The molecule has 0 aliphatic carbocycles. The minimum atomic E-state index is -0.0881. The number of halogens is 1. The predicted molar refractivity (Wildman–Crippen MR) is 135 cm³/mol. The molecule has 0 radical (unpaired) electrons. The van der Waals surface area contributed by atoms with Gasteiger partial charge in [0.25, 0.3) is 5.95 Å². The Labute approximate surface area is 206 Å². The summed E-state index contributed by atoms with van der Waals surface area (Å²) in [6.45, 7) is 5.00. The first-order valence-corrected chi connectivity index (χ1v) is 11.1. The van der Waals surface area contributed by atoms with E-state index in [4.69, 9.17) is 14.7 Å². The SMILES string of the molecule is CC(c1cccc(C(=O)c2ccccc2)c1)c1nc(/N=C(\N(C)C)N2CCOCC2)n(C)n1.Cl. The van der Waals surface area contributed by atoms with Gasteiger partial charge in [0.2, 0.25) is 5.96 Å². The fourth-order valence-electron chi connectivity index (χ4n) is 3.84. The lowest BCUT2D eigenvalue weighted by Gasteiger charge is -2.32. The van der Waals surface area contributed by atoms with Gasteiger partial charge in [0, 0.05) is 51.3 Å². The number of hydrogen-bond acceptors (Lipinski definition) is 5. The molecule has 0 spiro atoms. The van der Waals surface area contributed by atoms with Crippen molar-refractivity contribution in [1.82, 2.24) is 24.6 Å². The second-order valence-corrected chi connectivity index (χ2v) is 8.34. The van der Waals surface area contributed by atoms with Gasteiger partial charge in [0.1, 0.15) is 0 Å². The maximum absolute atomic E-state index is 12.9. The van der Waals surface area contributed by atoms with Gasteiger partial charge in [0.05, 0.1) is 13.2 Å². The lowest BCUT2D eigenvalue weighted by molar-refractivity contribution is 0.0638. The molecular formula is C25H31ClN6O2. The van der Waals surface area contributed by atoms with E-state index in [2.05, 4.69) is 10.00 Å². The minimum Gasteiger partial charge on any atom is -0.378 e. The predicted octanol–water partition coefficient (Wildman–Crippen LogP) is 3.50. The number of carbonyl (C=O) groups excluding carboxylic acids is 1. The van der Waals surface area contributed by atoms with Gasteiger partial charge in [-0.1, -0.05) is 55.5 Å². The van der Waals surface area contributed by atoms with Gasteiger partial charge >= 0.3 is 0 Å². The molecule has 3 aromatic rings. The van der Waals surface area contributed by atoms with E-state index in [1.165, 1.54) is 0 Å². The molecule has 0 saturated carbocycles. The third-order valence-electron chi connectivity index (χ3n) is 5.72. The second-order valence-electron chi connectivity index (χ2n) is 8.34. The van der Waals surface area contributed by atoms with Gasteiger partial charge in [-0.15, -0.1) is 12.4 Å². The molecule has 34 heavy (non-hydrogen) atoms. The van der Waals surface area contributed by atoms with E-state index < -0.39 is 0 Å². The van der Waals surface area contributed by atoms with Crippen LogP contribution in [0.1, 0.15) is 40.2 Å². The summed E-state index contributed by atoms with van der Waals surface area (Å²) >= 11 is 0. The molecule has 2 heterocycles. The highest BCUT2D eigenvalue weighted by atomic mass is 35.5. The molecule has 0 N–H and O–H groups in total. The van der Waals surface area contributed by atoms with E-state index >= 15 is 0 Å². The topological polar surface area (TPSA) is 75.8 Å². The molecule has 1 aliphatic rings. The van der Waals surface area contributed by atoms with Crippen LogP contribution in [0, 0.1) is 0 Å². The first-order valence-electron chi connectivity index (χ1n) is 11.1. The Balaban J connectivity index is 0.00000324. The van der Waals surface area contributed by atoms with E-state index in [1.54, 1.807) is 4.68 Å². The highest BCUT2D eigenvalue weighted by molar-refractivity contribution is 6.09. The van der Waals surface area contributed by atoms with Crippen LogP contribution in [0.4, 0.5) is 5.95 Å². The molecule has 0 bridgehead atoms. The Hall–Kier alpha value is -3.23. The number of aryl methyl sites for hydroxylation is 1. The van der Waals surface area contributed by atoms with Gasteiger partial charge in [-0.2, -0.15) is 15.1 Å². The molecule has 2 aromatic carbocycles.